The number of unbranched alkanes of at least 4 members (excludes halogenated alkanes) is 1. The number of para-hydroxylation sites is 1. The first kappa shape index (κ1) is 20.4. The maximum Gasteiger partial charge on any atom is 0.344 e. The third-order valence-electron chi connectivity index (χ3n) is 5.25. The third-order valence-corrected chi connectivity index (χ3v) is 5.25. The molecule has 0 saturated heterocycles. The smallest absolute Gasteiger partial charge is 0.344 e. The zero-order valence-electron chi connectivity index (χ0n) is 17.3. The Bertz CT molecular complexity index is 1270. The Kier molecular flexibility index (Phi) is 5.54. The van der Waals surface area contributed by atoms with Gasteiger partial charge in [0.05, 0.1) is 30.6 Å². The van der Waals surface area contributed by atoms with E-state index in [1.54, 1.807) is 43.5 Å². The van der Waals surface area contributed by atoms with Crippen molar-refractivity contribution in [2.24, 2.45) is 5.73 Å². The first-order valence-electron chi connectivity index (χ1n) is 10.0. The van der Waals surface area contributed by atoms with Crippen LogP contribution in [0.15, 0.2) is 63.1 Å². The van der Waals surface area contributed by atoms with E-state index in [-0.39, 0.29) is 17.0 Å². The van der Waals surface area contributed by atoms with Crippen molar-refractivity contribution in [1.29, 1.82) is 5.26 Å². The Morgan fingerprint density at radius 1 is 1.19 bits per heavy atom. The molecule has 2 heterocycles. The summed E-state index contributed by atoms with van der Waals surface area (Å²) in [7, 11) is 1.54. The highest BCUT2D eigenvalue weighted by atomic mass is 16.5. The zero-order chi connectivity index (χ0) is 22.0. The molecule has 0 fully saturated rings. The number of allylic oxidation sites excluding steroid dienone is 1. The minimum absolute atomic E-state index is 0.0435. The third kappa shape index (κ3) is 3.57. The Balaban J connectivity index is 1.89. The topological polar surface area (TPSA) is 108 Å². The number of nitrogens with zero attached hydrogens (tertiary/aromatic N) is 1. The van der Waals surface area contributed by atoms with Gasteiger partial charge in [0.1, 0.15) is 17.2 Å². The van der Waals surface area contributed by atoms with Crippen LogP contribution in [0.3, 0.4) is 0 Å². The molecule has 0 bridgehead atoms. The molecular formula is C24H22N2O5. The fourth-order valence-corrected chi connectivity index (χ4v) is 3.71. The predicted molar refractivity (Wildman–Crippen MR) is 115 cm³/mol. The predicted octanol–water partition coefficient (Wildman–Crippen LogP) is 4.20. The molecule has 1 atom stereocenters. The van der Waals surface area contributed by atoms with Crippen LogP contribution in [-0.2, 0) is 0 Å². The maximum absolute atomic E-state index is 13.0. The molecule has 0 spiro atoms. The summed E-state index contributed by atoms with van der Waals surface area (Å²) in [5.41, 5.74) is 6.91. The van der Waals surface area contributed by atoms with Gasteiger partial charge < -0.3 is 24.4 Å². The van der Waals surface area contributed by atoms with Crippen molar-refractivity contribution in [2.45, 2.75) is 25.7 Å². The van der Waals surface area contributed by atoms with Crippen molar-refractivity contribution >= 4 is 11.0 Å². The van der Waals surface area contributed by atoms with Gasteiger partial charge in [-0.3, -0.25) is 0 Å². The van der Waals surface area contributed by atoms with Gasteiger partial charge in [0.2, 0.25) is 5.88 Å². The molecule has 0 radical (unpaired) electrons. The van der Waals surface area contributed by atoms with Gasteiger partial charge in [-0.05, 0) is 36.2 Å². The van der Waals surface area contributed by atoms with Gasteiger partial charge >= 0.3 is 5.63 Å². The molecule has 158 valence electrons. The lowest BCUT2D eigenvalue weighted by molar-refractivity contribution is 0.288. The van der Waals surface area contributed by atoms with Crippen molar-refractivity contribution in [2.75, 3.05) is 13.7 Å². The van der Waals surface area contributed by atoms with Crippen molar-refractivity contribution in [3.8, 4) is 23.3 Å². The highest BCUT2D eigenvalue weighted by molar-refractivity contribution is 5.86. The molecule has 4 rings (SSSR count). The lowest BCUT2D eigenvalue weighted by Gasteiger charge is -2.26. The van der Waals surface area contributed by atoms with Crippen molar-refractivity contribution in [3.05, 3.63) is 75.5 Å². The van der Waals surface area contributed by atoms with Crippen LogP contribution in [-0.4, -0.2) is 13.7 Å². The molecule has 0 unspecified atom stereocenters. The minimum Gasteiger partial charge on any atom is -0.493 e. The summed E-state index contributed by atoms with van der Waals surface area (Å²) in [5.74, 6) is 0.595. The summed E-state index contributed by atoms with van der Waals surface area (Å²) in [6, 6.07) is 14.4. The molecule has 7 heteroatoms. The number of methoxy groups -OCH3 is 1. The molecule has 1 aromatic heterocycles. The molecule has 2 N–H and O–H groups in total. The quantitative estimate of drug-likeness (QED) is 0.472. The van der Waals surface area contributed by atoms with Gasteiger partial charge in [0.25, 0.3) is 0 Å². The molecule has 1 aliphatic heterocycles. The average Bonchev–Trinajstić information content (AvgIpc) is 2.78. The fraction of sp³-hybridized carbons (Fsp3) is 0.250. The van der Waals surface area contributed by atoms with E-state index in [1.165, 1.54) is 0 Å². The van der Waals surface area contributed by atoms with Crippen LogP contribution < -0.4 is 25.6 Å². The van der Waals surface area contributed by atoms with Crippen LogP contribution in [0.2, 0.25) is 0 Å². The molecule has 7 nitrogen and oxygen atoms in total. The summed E-state index contributed by atoms with van der Waals surface area (Å²) in [4.78, 5) is 13.0. The van der Waals surface area contributed by atoms with Gasteiger partial charge in [0, 0.05) is 0 Å². The number of hydrogen-bond donors (Lipinski definition) is 1. The average molecular weight is 418 g/mol. The standard InChI is InChI=1S/C24H22N2O5/c1-3-4-11-29-18-10-9-14(12-19(18)28-2)20-16(13-25)23(26)31-22-15-7-5-6-8-17(15)30-24(27)21(20)22/h5-10,12,20H,3-4,11,26H2,1-2H3/t20-/m0/s1. The second-order valence-electron chi connectivity index (χ2n) is 7.17. The number of hydrogen-bond acceptors (Lipinski definition) is 7. The molecule has 31 heavy (non-hydrogen) atoms. The van der Waals surface area contributed by atoms with Gasteiger partial charge in [-0.15, -0.1) is 0 Å². The molecule has 1 aliphatic rings. The largest absolute Gasteiger partial charge is 0.493 e. The van der Waals surface area contributed by atoms with E-state index < -0.39 is 11.5 Å². The Morgan fingerprint density at radius 2 is 2.00 bits per heavy atom. The van der Waals surface area contributed by atoms with Crippen LogP contribution in [0.4, 0.5) is 0 Å². The Labute approximate surface area is 179 Å². The Morgan fingerprint density at radius 3 is 2.74 bits per heavy atom. The van der Waals surface area contributed by atoms with Crippen molar-refractivity contribution in [1.82, 2.24) is 0 Å². The number of nitrogens with two attached hydrogens (primary N) is 1. The van der Waals surface area contributed by atoms with Crippen LogP contribution in [0.25, 0.3) is 11.0 Å². The highest BCUT2D eigenvalue weighted by Crippen LogP contribution is 2.45. The van der Waals surface area contributed by atoms with E-state index in [9.17, 15) is 10.1 Å². The first-order chi connectivity index (χ1) is 15.1. The summed E-state index contributed by atoms with van der Waals surface area (Å²) >= 11 is 0. The van der Waals surface area contributed by atoms with E-state index in [0.29, 0.717) is 40.4 Å². The second-order valence-corrected chi connectivity index (χ2v) is 7.17. The molecule has 2 aromatic carbocycles. The number of nitriles is 1. The maximum atomic E-state index is 13.0. The Hall–Kier alpha value is -3.92. The van der Waals surface area contributed by atoms with Crippen LogP contribution in [0, 0.1) is 11.3 Å². The number of rotatable bonds is 6. The fourth-order valence-electron chi connectivity index (χ4n) is 3.71. The number of ether oxygens (including phenoxy) is 3. The summed E-state index contributed by atoms with van der Waals surface area (Å²) < 4.78 is 22.6. The summed E-state index contributed by atoms with van der Waals surface area (Å²) in [5, 5.41) is 10.4. The lowest BCUT2D eigenvalue weighted by Crippen LogP contribution is -2.26. The van der Waals surface area contributed by atoms with E-state index >= 15 is 0 Å². The minimum atomic E-state index is -0.756. The van der Waals surface area contributed by atoms with E-state index in [0.717, 1.165) is 12.8 Å². The summed E-state index contributed by atoms with van der Waals surface area (Å²) in [6.45, 7) is 2.65. The monoisotopic (exact) mass is 418 g/mol. The van der Waals surface area contributed by atoms with E-state index in [2.05, 4.69) is 13.0 Å². The highest BCUT2D eigenvalue weighted by Gasteiger charge is 2.35. The van der Waals surface area contributed by atoms with Gasteiger partial charge in [-0.25, -0.2) is 4.79 Å². The van der Waals surface area contributed by atoms with Crippen molar-refractivity contribution in [3.63, 3.8) is 0 Å². The van der Waals surface area contributed by atoms with Crippen LogP contribution >= 0.6 is 0 Å². The zero-order valence-corrected chi connectivity index (χ0v) is 17.3. The molecule has 3 aromatic rings. The van der Waals surface area contributed by atoms with Crippen LogP contribution in [0.1, 0.15) is 36.8 Å². The van der Waals surface area contributed by atoms with Gasteiger partial charge in [-0.2, -0.15) is 5.26 Å². The lowest BCUT2D eigenvalue weighted by atomic mass is 9.83. The van der Waals surface area contributed by atoms with Gasteiger partial charge in [0.15, 0.2) is 17.2 Å². The molecule has 0 saturated carbocycles. The number of benzene rings is 2. The summed E-state index contributed by atoms with van der Waals surface area (Å²) in [6.07, 6.45) is 1.93. The van der Waals surface area contributed by atoms with Crippen molar-refractivity contribution < 1.29 is 18.6 Å². The van der Waals surface area contributed by atoms with Gasteiger partial charge in [-0.1, -0.05) is 31.5 Å². The van der Waals surface area contributed by atoms with E-state index in [1.807, 2.05) is 6.07 Å². The van der Waals surface area contributed by atoms with Crippen LogP contribution in [0.5, 0.6) is 17.2 Å². The molecular weight excluding hydrogens is 396 g/mol. The SMILES string of the molecule is CCCCOc1ccc([C@H]2C(C#N)=C(N)Oc3c2c(=O)oc2ccccc32)cc1OC. The van der Waals surface area contributed by atoms with E-state index in [4.69, 9.17) is 24.4 Å². The molecule has 0 amide bonds. The second kappa shape index (κ2) is 8.44. The first-order valence-corrected chi connectivity index (χ1v) is 10.0. The number of fused-ring (bicyclic) bond motifs is 3. The molecule has 0 aliphatic carbocycles. The normalized spacial score (nSPS) is 15.2.